The van der Waals surface area contributed by atoms with E-state index in [2.05, 4.69) is 18.7 Å². The van der Waals surface area contributed by atoms with Crippen molar-refractivity contribution < 1.29 is 0 Å². The molecule has 2 nitrogen and oxygen atoms in total. The van der Waals surface area contributed by atoms with Gasteiger partial charge in [0.15, 0.2) is 0 Å². The molecule has 3 unspecified atom stereocenters. The molecule has 2 saturated heterocycles. The van der Waals surface area contributed by atoms with Crippen LogP contribution >= 0.6 is 0 Å². The molecule has 2 heteroatoms. The van der Waals surface area contributed by atoms with Crippen molar-refractivity contribution in [2.75, 3.05) is 6.54 Å². The van der Waals surface area contributed by atoms with Crippen LogP contribution in [0.4, 0.5) is 0 Å². The van der Waals surface area contributed by atoms with Gasteiger partial charge in [-0.15, -0.1) is 0 Å². The Kier molecular flexibility index (Phi) is 2.13. The minimum atomic E-state index is 0.458. The molecular formula is C10H20N2. The highest BCUT2D eigenvalue weighted by molar-refractivity contribution is 4.96. The molecule has 3 rings (SSSR count). The molecule has 3 fully saturated rings. The van der Waals surface area contributed by atoms with Crippen LogP contribution in [-0.4, -0.2) is 29.6 Å². The third-order valence-corrected chi connectivity index (χ3v) is 3.53. The molecule has 12 heavy (non-hydrogen) atoms. The van der Waals surface area contributed by atoms with Gasteiger partial charge in [0.1, 0.15) is 0 Å². The van der Waals surface area contributed by atoms with Crippen molar-refractivity contribution >= 4 is 0 Å². The molecule has 0 amide bonds. The van der Waals surface area contributed by atoms with Crippen molar-refractivity contribution in [1.29, 1.82) is 0 Å². The van der Waals surface area contributed by atoms with E-state index in [0.29, 0.717) is 18.1 Å². The quantitative estimate of drug-likeness (QED) is 0.637. The number of nitrogens with two attached hydrogens (primary N) is 1. The average Bonchev–Trinajstić information content (AvgIpc) is 2.04. The third-order valence-electron chi connectivity index (χ3n) is 3.53. The SMILES string of the molecule is CC(C)N1CC2CCC1C(N)C2. The summed E-state index contributed by atoms with van der Waals surface area (Å²) in [5, 5.41) is 0. The number of hydrogen-bond acceptors (Lipinski definition) is 2. The van der Waals surface area contributed by atoms with Crippen LogP contribution in [0.5, 0.6) is 0 Å². The van der Waals surface area contributed by atoms with E-state index in [0.717, 1.165) is 5.92 Å². The molecule has 0 aromatic heterocycles. The van der Waals surface area contributed by atoms with Crippen LogP contribution < -0.4 is 5.73 Å². The van der Waals surface area contributed by atoms with Crippen LogP contribution in [0.1, 0.15) is 33.1 Å². The first-order valence-electron chi connectivity index (χ1n) is 5.20. The fraction of sp³-hybridized carbons (Fsp3) is 1.00. The zero-order valence-electron chi connectivity index (χ0n) is 8.16. The number of nitrogens with zero attached hydrogens (tertiary/aromatic N) is 1. The van der Waals surface area contributed by atoms with Gasteiger partial charge in [0.05, 0.1) is 0 Å². The van der Waals surface area contributed by atoms with Gasteiger partial charge in [-0.2, -0.15) is 0 Å². The maximum absolute atomic E-state index is 6.11. The van der Waals surface area contributed by atoms with Crippen molar-refractivity contribution in [3.05, 3.63) is 0 Å². The Morgan fingerprint density at radius 1 is 1.33 bits per heavy atom. The normalized spacial score (nSPS) is 42.5. The standard InChI is InChI=1S/C10H20N2/c1-7(2)12-6-8-3-4-10(12)9(11)5-8/h7-10H,3-6,11H2,1-2H3. The van der Waals surface area contributed by atoms with Crippen molar-refractivity contribution in [2.24, 2.45) is 11.7 Å². The van der Waals surface area contributed by atoms with Gasteiger partial charge < -0.3 is 5.73 Å². The molecule has 2 bridgehead atoms. The van der Waals surface area contributed by atoms with Crippen LogP contribution in [0, 0.1) is 5.92 Å². The molecule has 1 aliphatic carbocycles. The third kappa shape index (κ3) is 1.27. The first-order chi connectivity index (χ1) is 5.68. The second-order valence-electron chi connectivity index (χ2n) is 4.70. The summed E-state index contributed by atoms with van der Waals surface area (Å²) in [6.45, 7) is 5.87. The molecule has 3 aliphatic rings. The van der Waals surface area contributed by atoms with E-state index in [1.165, 1.54) is 25.8 Å². The van der Waals surface area contributed by atoms with E-state index in [-0.39, 0.29) is 0 Å². The molecule has 2 N–H and O–H groups in total. The Bertz CT molecular complexity index is 167. The summed E-state index contributed by atoms with van der Waals surface area (Å²) < 4.78 is 0. The highest BCUT2D eigenvalue weighted by Gasteiger charge is 2.39. The molecule has 0 spiro atoms. The number of hydrogen-bond donors (Lipinski definition) is 1. The molecule has 3 atom stereocenters. The zero-order chi connectivity index (χ0) is 8.72. The number of rotatable bonds is 1. The van der Waals surface area contributed by atoms with E-state index in [1.807, 2.05) is 0 Å². The monoisotopic (exact) mass is 168 g/mol. The highest BCUT2D eigenvalue weighted by atomic mass is 15.2. The van der Waals surface area contributed by atoms with E-state index < -0.39 is 0 Å². The van der Waals surface area contributed by atoms with Crippen molar-refractivity contribution in [1.82, 2.24) is 4.90 Å². The predicted octanol–water partition coefficient (Wildman–Crippen LogP) is 1.21. The summed E-state index contributed by atoms with van der Waals surface area (Å²) in [4.78, 5) is 2.60. The summed E-state index contributed by atoms with van der Waals surface area (Å²) in [6.07, 6.45) is 4.03. The van der Waals surface area contributed by atoms with Crippen LogP contribution in [0.25, 0.3) is 0 Å². The van der Waals surface area contributed by atoms with Gasteiger partial charge in [-0.25, -0.2) is 0 Å². The summed E-state index contributed by atoms with van der Waals surface area (Å²) in [5.74, 6) is 0.896. The van der Waals surface area contributed by atoms with Gasteiger partial charge in [0, 0.05) is 24.7 Å². The van der Waals surface area contributed by atoms with Gasteiger partial charge in [-0.3, -0.25) is 4.90 Å². The average molecular weight is 168 g/mol. The number of fused-ring (bicyclic) bond motifs is 3. The van der Waals surface area contributed by atoms with Crippen molar-refractivity contribution in [3.8, 4) is 0 Å². The first-order valence-corrected chi connectivity index (χ1v) is 5.20. The molecule has 70 valence electrons. The molecule has 2 heterocycles. The maximum Gasteiger partial charge on any atom is 0.0250 e. The van der Waals surface area contributed by atoms with Gasteiger partial charge in [-0.1, -0.05) is 0 Å². The van der Waals surface area contributed by atoms with E-state index >= 15 is 0 Å². The molecule has 1 saturated carbocycles. The van der Waals surface area contributed by atoms with Gasteiger partial charge in [-0.05, 0) is 39.0 Å². The summed E-state index contributed by atoms with van der Waals surface area (Å²) in [5.41, 5.74) is 6.11. The lowest BCUT2D eigenvalue weighted by atomic mass is 9.76. The lowest BCUT2D eigenvalue weighted by Gasteiger charge is -2.50. The van der Waals surface area contributed by atoms with E-state index in [1.54, 1.807) is 0 Å². The Hall–Kier alpha value is -0.0800. The fourth-order valence-corrected chi connectivity index (χ4v) is 2.89. The summed E-state index contributed by atoms with van der Waals surface area (Å²) >= 11 is 0. The topological polar surface area (TPSA) is 29.3 Å². The van der Waals surface area contributed by atoms with Crippen molar-refractivity contribution in [2.45, 2.75) is 51.2 Å². The lowest BCUT2D eigenvalue weighted by molar-refractivity contribution is 0.0101. The Morgan fingerprint density at radius 2 is 2.08 bits per heavy atom. The summed E-state index contributed by atoms with van der Waals surface area (Å²) in [6, 6.07) is 1.83. The Balaban J connectivity index is 2.09. The highest BCUT2D eigenvalue weighted by Crippen LogP contribution is 2.35. The molecule has 2 aliphatic heterocycles. The molecule has 0 radical (unpaired) electrons. The van der Waals surface area contributed by atoms with Crippen LogP contribution in [0.15, 0.2) is 0 Å². The van der Waals surface area contributed by atoms with Gasteiger partial charge in [0.2, 0.25) is 0 Å². The minimum absolute atomic E-state index is 0.458. The van der Waals surface area contributed by atoms with E-state index in [4.69, 9.17) is 5.73 Å². The molecule has 0 aromatic rings. The first kappa shape index (κ1) is 8.52. The van der Waals surface area contributed by atoms with Crippen LogP contribution in [0.2, 0.25) is 0 Å². The molecular weight excluding hydrogens is 148 g/mol. The van der Waals surface area contributed by atoms with Crippen molar-refractivity contribution in [3.63, 3.8) is 0 Å². The Morgan fingerprint density at radius 3 is 2.50 bits per heavy atom. The van der Waals surface area contributed by atoms with Gasteiger partial charge >= 0.3 is 0 Å². The second kappa shape index (κ2) is 3.00. The van der Waals surface area contributed by atoms with Crippen LogP contribution in [-0.2, 0) is 0 Å². The summed E-state index contributed by atoms with van der Waals surface area (Å²) in [7, 11) is 0. The fourth-order valence-electron chi connectivity index (χ4n) is 2.89. The van der Waals surface area contributed by atoms with E-state index in [9.17, 15) is 0 Å². The maximum atomic E-state index is 6.11. The Labute approximate surface area is 75.1 Å². The largest absolute Gasteiger partial charge is 0.326 e. The lowest BCUT2D eigenvalue weighted by Crippen LogP contribution is -2.60. The van der Waals surface area contributed by atoms with Crippen LogP contribution in [0.3, 0.4) is 0 Å². The zero-order valence-corrected chi connectivity index (χ0v) is 8.16. The smallest absolute Gasteiger partial charge is 0.0250 e. The number of piperidine rings is 2. The minimum Gasteiger partial charge on any atom is -0.326 e. The predicted molar refractivity (Wildman–Crippen MR) is 50.9 cm³/mol. The molecule has 0 aromatic carbocycles. The van der Waals surface area contributed by atoms with Gasteiger partial charge in [0.25, 0.3) is 0 Å². The second-order valence-corrected chi connectivity index (χ2v) is 4.70.